The van der Waals surface area contributed by atoms with Crippen molar-refractivity contribution in [3.63, 3.8) is 0 Å². The summed E-state index contributed by atoms with van der Waals surface area (Å²) in [5.74, 6) is 2.21. The minimum Gasteiger partial charge on any atom is -0.306 e. The van der Waals surface area contributed by atoms with E-state index in [1.807, 2.05) is 36.0 Å². The Morgan fingerprint density at radius 2 is 2.31 bits per heavy atom. The molecule has 86 valence electrons. The van der Waals surface area contributed by atoms with Gasteiger partial charge >= 0.3 is 0 Å². The first-order valence-electron chi connectivity index (χ1n) is 5.34. The van der Waals surface area contributed by atoms with Crippen molar-refractivity contribution in [2.24, 2.45) is 0 Å². The van der Waals surface area contributed by atoms with Gasteiger partial charge in [0.15, 0.2) is 5.78 Å². The summed E-state index contributed by atoms with van der Waals surface area (Å²) >= 11 is 7.86. The Morgan fingerprint density at radius 1 is 1.50 bits per heavy atom. The van der Waals surface area contributed by atoms with Crippen molar-refractivity contribution in [2.75, 3.05) is 18.1 Å². The summed E-state index contributed by atoms with van der Waals surface area (Å²) in [5.41, 5.74) is 0.923. The van der Waals surface area contributed by atoms with Crippen molar-refractivity contribution in [3.05, 3.63) is 34.9 Å². The van der Waals surface area contributed by atoms with Gasteiger partial charge in [0.05, 0.1) is 6.04 Å². The van der Waals surface area contributed by atoms with Gasteiger partial charge in [-0.1, -0.05) is 29.8 Å². The molecule has 1 aromatic carbocycles. The van der Waals surface area contributed by atoms with Gasteiger partial charge in [0.2, 0.25) is 0 Å². The summed E-state index contributed by atoms with van der Waals surface area (Å²) in [6, 6.07) is 7.53. The van der Waals surface area contributed by atoms with Crippen LogP contribution in [0.15, 0.2) is 24.3 Å². The fourth-order valence-corrected chi connectivity index (χ4v) is 2.90. The van der Waals surface area contributed by atoms with Crippen LogP contribution < -0.4 is 5.32 Å². The molecule has 2 rings (SSSR count). The average Bonchev–Trinajstić information content (AvgIpc) is 2.33. The number of nitrogens with one attached hydrogen (secondary N) is 1. The number of Topliss-reactive ketones (excluding diaryl/α,β-unsaturated/α-hetero) is 1. The molecular weight excluding hydrogens is 242 g/mol. The van der Waals surface area contributed by atoms with Crippen LogP contribution in [0.2, 0.25) is 5.02 Å². The van der Waals surface area contributed by atoms with Crippen molar-refractivity contribution in [2.45, 2.75) is 12.5 Å². The number of carbonyl (C=O) groups is 1. The Kier molecular flexibility index (Phi) is 4.27. The van der Waals surface area contributed by atoms with E-state index in [-0.39, 0.29) is 11.8 Å². The Balaban J connectivity index is 1.99. The van der Waals surface area contributed by atoms with Crippen molar-refractivity contribution in [3.8, 4) is 0 Å². The van der Waals surface area contributed by atoms with Crippen LogP contribution in [-0.2, 0) is 11.2 Å². The van der Waals surface area contributed by atoms with Gasteiger partial charge in [0.1, 0.15) is 0 Å². The van der Waals surface area contributed by atoms with E-state index in [9.17, 15) is 4.79 Å². The maximum atomic E-state index is 12.0. The molecule has 1 heterocycles. The van der Waals surface area contributed by atoms with Crippen LogP contribution in [0.25, 0.3) is 0 Å². The highest BCUT2D eigenvalue weighted by molar-refractivity contribution is 7.99. The molecule has 0 radical (unpaired) electrons. The highest BCUT2D eigenvalue weighted by atomic mass is 35.5. The zero-order chi connectivity index (χ0) is 11.4. The largest absolute Gasteiger partial charge is 0.306 e. The van der Waals surface area contributed by atoms with Crippen molar-refractivity contribution < 1.29 is 4.79 Å². The number of thioether (sulfide) groups is 1. The van der Waals surface area contributed by atoms with E-state index in [0.717, 1.165) is 23.6 Å². The van der Waals surface area contributed by atoms with E-state index >= 15 is 0 Å². The molecule has 1 aliphatic heterocycles. The summed E-state index contributed by atoms with van der Waals surface area (Å²) in [5, 5.41) is 3.93. The predicted molar refractivity (Wildman–Crippen MR) is 69.3 cm³/mol. The Labute approximate surface area is 105 Å². The molecule has 0 aromatic heterocycles. The first kappa shape index (κ1) is 12.0. The molecule has 1 unspecified atom stereocenters. The molecule has 16 heavy (non-hydrogen) atoms. The quantitative estimate of drug-likeness (QED) is 0.898. The molecule has 0 amide bonds. The highest BCUT2D eigenvalue weighted by Crippen LogP contribution is 2.17. The molecule has 0 bridgehead atoms. The zero-order valence-electron chi connectivity index (χ0n) is 8.91. The van der Waals surface area contributed by atoms with E-state index in [2.05, 4.69) is 5.32 Å². The SMILES string of the molecule is O=C(Cc1ccccc1Cl)C1CSCCN1. The lowest BCUT2D eigenvalue weighted by molar-refractivity contribution is -0.119. The molecule has 2 nitrogen and oxygen atoms in total. The maximum absolute atomic E-state index is 12.0. The molecule has 0 saturated carbocycles. The van der Waals surface area contributed by atoms with E-state index in [1.54, 1.807) is 0 Å². The summed E-state index contributed by atoms with van der Waals surface area (Å²) in [6.07, 6.45) is 0.428. The van der Waals surface area contributed by atoms with Crippen LogP contribution in [0.3, 0.4) is 0 Å². The average molecular weight is 256 g/mol. The molecule has 1 saturated heterocycles. The van der Waals surface area contributed by atoms with Gasteiger partial charge < -0.3 is 5.32 Å². The standard InChI is InChI=1S/C12H14ClNOS/c13-10-4-2-1-3-9(10)7-12(15)11-8-16-6-5-14-11/h1-4,11,14H,5-8H2. The van der Waals surface area contributed by atoms with Crippen molar-refractivity contribution in [1.29, 1.82) is 0 Å². The number of benzene rings is 1. The molecule has 0 aliphatic carbocycles. The molecule has 1 fully saturated rings. The van der Waals surface area contributed by atoms with Gasteiger partial charge in [-0.05, 0) is 11.6 Å². The molecule has 1 aromatic rings. The van der Waals surface area contributed by atoms with Gasteiger partial charge in [-0.3, -0.25) is 4.79 Å². The first-order valence-corrected chi connectivity index (χ1v) is 6.88. The van der Waals surface area contributed by atoms with Crippen LogP contribution in [-0.4, -0.2) is 29.9 Å². The van der Waals surface area contributed by atoms with E-state index in [0.29, 0.717) is 11.4 Å². The maximum Gasteiger partial charge on any atom is 0.154 e. The number of hydrogen-bond acceptors (Lipinski definition) is 3. The second-order valence-corrected chi connectivity index (χ2v) is 5.37. The molecule has 0 spiro atoms. The Bertz CT molecular complexity index is 377. The number of halogens is 1. The molecular formula is C12H14ClNOS. The highest BCUT2D eigenvalue weighted by Gasteiger charge is 2.21. The third kappa shape index (κ3) is 3.00. The Hall–Kier alpha value is -0.510. The minimum atomic E-state index is -0.00461. The minimum absolute atomic E-state index is 0.00461. The first-order chi connectivity index (χ1) is 7.77. The van der Waals surface area contributed by atoms with Crippen LogP contribution in [0.5, 0.6) is 0 Å². The van der Waals surface area contributed by atoms with Gasteiger partial charge in [0.25, 0.3) is 0 Å². The van der Waals surface area contributed by atoms with Crippen molar-refractivity contribution >= 4 is 29.1 Å². The van der Waals surface area contributed by atoms with E-state index < -0.39 is 0 Å². The topological polar surface area (TPSA) is 29.1 Å². The fraction of sp³-hybridized carbons (Fsp3) is 0.417. The van der Waals surface area contributed by atoms with Gasteiger partial charge in [-0.2, -0.15) is 11.8 Å². The predicted octanol–water partition coefficient (Wildman–Crippen LogP) is 2.16. The van der Waals surface area contributed by atoms with Gasteiger partial charge in [0, 0.05) is 29.5 Å². The fourth-order valence-electron chi connectivity index (χ4n) is 1.72. The Morgan fingerprint density at radius 3 is 3.00 bits per heavy atom. The van der Waals surface area contributed by atoms with E-state index in [1.165, 1.54) is 0 Å². The number of rotatable bonds is 3. The van der Waals surface area contributed by atoms with E-state index in [4.69, 9.17) is 11.6 Å². The lowest BCUT2D eigenvalue weighted by Gasteiger charge is -2.22. The van der Waals surface area contributed by atoms with Gasteiger partial charge in [-0.25, -0.2) is 0 Å². The normalized spacial score (nSPS) is 20.7. The summed E-state index contributed by atoms with van der Waals surface area (Å²) < 4.78 is 0. The smallest absolute Gasteiger partial charge is 0.154 e. The van der Waals surface area contributed by atoms with Crippen LogP contribution >= 0.6 is 23.4 Å². The van der Waals surface area contributed by atoms with Crippen LogP contribution in [0.4, 0.5) is 0 Å². The summed E-state index contributed by atoms with van der Waals surface area (Å²) in [4.78, 5) is 12.0. The van der Waals surface area contributed by atoms with Gasteiger partial charge in [-0.15, -0.1) is 0 Å². The number of ketones is 1. The third-order valence-electron chi connectivity index (χ3n) is 2.63. The second-order valence-electron chi connectivity index (χ2n) is 3.82. The monoisotopic (exact) mass is 255 g/mol. The molecule has 1 atom stereocenters. The molecule has 1 N–H and O–H groups in total. The zero-order valence-corrected chi connectivity index (χ0v) is 10.5. The number of hydrogen-bond donors (Lipinski definition) is 1. The summed E-state index contributed by atoms with van der Waals surface area (Å²) in [6.45, 7) is 0.920. The summed E-state index contributed by atoms with van der Waals surface area (Å²) in [7, 11) is 0. The molecule has 4 heteroatoms. The molecule has 1 aliphatic rings. The second kappa shape index (κ2) is 5.71. The van der Waals surface area contributed by atoms with Crippen LogP contribution in [0.1, 0.15) is 5.56 Å². The third-order valence-corrected chi connectivity index (χ3v) is 4.06. The lowest BCUT2D eigenvalue weighted by atomic mass is 10.0. The van der Waals surface area contributed by atoms with Crippen molar-refractivity contribution in [1.82, 2.24) is 5.32 Å². The number of carbonyl (C=O) groups excluding carboxylic acids is 1. The van der Waals surface area contributed by atoms with Crippen LogP contribution in [0, 0.1) is 0 Å². The lowest BCUT2D eigenvalue weighted by Crippen LogP contribution is -2.44.